The first-order valence-electron chi connectivity index (χ1n) is 8.67. The van der Waals surface area contributed by atoms with Gasteiger partial charge in [-0.3, -0.25) is 4.79 Å². The van der Waals surface area contributed by atoms with Gasteiger partial charge in [-0.15, -0.1) is 0 Å². The third kappa shape index (κ3) is 5.17. The molecule has 0 fully saturated rings. The van der Waals surface area contributed by atoms with Gasteiger partial charge in [-0.2, -0.15) is 0 Å². The van der Waals surface area contributed by atoms with E-state index in [1.54, 1.807) is 13.8 Å². The van der Waals surface area contributed by atoms with Crippen LogP contribution < -0.4 is 4.74 Å². The van der Waals surface area contributed by atoms with Crippen LogP contribution in [0.2, 0.25) is 0 Å². The van der Waals surface area contributed by atoms with Crippen molar-refractivity contribution in [2.75, 3.05) is 13.2 Å². The third-order valence-electron chi connectivity index (χ3n) is 3.70. The second-order valence-electron chi connectivity index (χ2n) is 5.66. The van der Waals surface area contributed by atoms with Crippen LogP contribution in [0.3, 0.4) is 0 Å². The number of hydrogen-bond donors (Lipinski definition) is 0. The zero-order valence-electron chi connectivity index (χ0n) is 15.6. The molecule has 6 nitrogen and oxygen atoms in total. The van der Waals surface area contributed by atoms with Crippen molar-refractivity contribution in [3.8, 4) is 5.75 Å². The molecule has 0 heterocycles. The number of carbonyl (C=O) groups is 3. The van der Waals surface area contributed by atoms with Crippen molar-refractivity contribution in [1.82, 2.24) is 0 Å². The van der Waals surface area contributed by atoms with Crippen LogP contribution in [0, 0.1) is 0 Å². The smallest absolute Gasteiger partial charge is 0.339 e. The lowest BCUT2D eigenvalue weighted by Gasteiger charge is -2.15. The first kappa shape index (κ1) is 20.2. The van der Waals surface area contributed by atoms with Gasteiger partial charge in [-0.25, -0.2) is 9.59 Å². The summed E-state index contributed by atoms with van der Waals surface area (Å²) in [5, 5.41) is 0. The fraction of sp³-hybridized carbons (Fsp3) is 0.286. The van der Waals surface area contributed by atoms with Gasteiger partial charge in [0.15, 0.2) is 5.78 Å². The van der Waals surface area contributed by atoms with Gasteiger partial charge in [0, 0.05) is 5.56 Å². The third-order valence-corrected chi connectivity index (χ3v) is 3.70. The molecule has 2 aromatic carbocycles. The van der Waals surface area contributed by atoms with E-state index in [1.165, 1.54) is 19.1 Å². The second kappa shape index (κ2) is 9.52. The highest BCUT2D eigenvalue weighted by molar-refractivity contribution is 6.12. The predicted molar refractivity (Wildman–Crippen MR) is 99.1 cm³/mol. The van der Waals surface area contributed by atoms with E-state index < -0.39 is 17.7 Å². The van der Waals surface area contributed by atoms with Gasteiger partial charge in [-0.1, -0.05) is 30.3 Å². The van der Waals surface area contributed by atoms with E-state index in [2.05, 4.69) is 0 Å². The van der Waals surface area contributed by atoms with Crippen molar-refractivity contribution in [3.05, 3.63) is 64.7 Å². The quantitative estimate of drug-likeness (QED) is 0.519. The van der Waals surface area contributed by atoms with Gasteiger partial charge in [0.25, 0.3) is 0 Å². The summed E-state index contributed by atoms with van der Waals surface area (Å²) < 4.78 is 15.8. The Bertz CT molecular complexity index is 787. The molecule has 0 radical (unpaired) electrons. The monoisotopic (exact) mass is 370 g/mol. The Hall–Kier alpha value is -3.15. The van der Waals surface area contributed by atoms with Crippen LogP contribution in [0.15, 0.2) is 42.5 Å². The summed E-state index contributed by atoms with van der Waals surface area (Å²) in [6, 6.07) is 12.3. The van der Waals surface area contributed by atoms with Gasteiger partial charge in [-0.05, 0) is 38.5 Å². The number of hydrogen-bond acceptors (Lipinski definition) is 6. The van der Waals surface area contributed by atoms with Gasteiger partial charge in [0.2, 0.25) is 0 Å². The van der Waals surface area contributed by atoms with Gasteiger partial charge in [0.05, 0.1) is 24.3 Å². The Morgan fingerprint density at radius 1 is 0.852 bits per heavy atom. The molecule has 0 aliphatic carbocycles. The number of rotatable bonds is 8. The maximum absolute atomic E-state index is 12.3. The Morgan fingerprint density at radius 2 is 1.37 bits per heavy atom. The zero-order chi connectivity index (χ0) is 19.8. The van der Waals surface area contributed by atoms with Crippen LogP contribution in [0.25, 0.3) is 0 Å². The molecule has 2 aromatic rings. The highest BCUT2D eigenvalue weighted by Gasteiger charge is 2.25. The van der Waals surface area contributed by atoms with Crippen LogP contribution in [0.5, 0.6) is 5.75 Å². The standard InChI is InChI=1S/C21H22O6/c1-4-25-20(23)17-11-16(27-13-15-9-7-6-8-10-15)12-18(19(17)14(3)22)21(24)26-5-2/h6-12H,4-5,13H2,1-3H3. The summed E-state index contributed by atoms with van der Waals surface area (Å²) in [7, 11) is 0. The lowest BCUT2D eigenvalue weighted by molar-refractivity contribution is 0.0518. The summed E-state index contributed by atoms with van der Waals surface area (Å²) in [5.74, 6) is -1.55. The van der Waals surface area contributed by atoms with E-state index >= 15 is 0 Å². The fourth-order valence-electron chi connectivity index (χ4n) is 2.56. The molecule has 0 bridgehead atoms. The molecular formula is C21H22O6. The summed E-state index contributed by atoms with van der Waals surface area (Å²) in [6.07, 6.45) is 0. The molecule has 0 amide bonds. The molecule has 0 saturated carbocycles. The minimum absolute atomic E-state index is 0.0158. The predicted octanol–water partition coefficient (Wildman–Crippen LogP) is 3.82. The molecule has 0 N–H and O–H groups in total. The number of benzene rings is 2. The Kier molecular flexibility index (Phi) is 7.11. The first-order chi connectivity index (χ1) is 13.0. The zero-order valence-corrected chi connectivity index (χ0v) is 15.6. The Morgan fingerprint density at radius 3 is 1.81 bits per heavy atom. The lowest BCUT2D eigenvalue weighted by atomic mass is 9.97. The van der Waals surface area contributed by atoms with Crippen LogP contribution in [0.1, 0.15) is 57.4 Å². The molecule has 0 aliphatic heterocycles. The van der Waals surface area contributed by atoms with Crippen molar-refractivity contribution in [2.24, 2.45) is 0 Å². The van der Waals surface area contributed by atoms with Gasteiger partial charge >= 0.3 is 11.9 Å². The summed E-state index contributed by atoms with van der Waals surface area (Å²) in [4.78, 5) is 36.8. The number of ether oxygens (including phenoxy) is 3. The molecule has 0 unspecified atom stereocenters. The number of Topliss-reactive ketones (excluding diaryl/α,β-unsaturated/α-hetero) is 1. The topological polar surface area (TPSA) is 78.9 Å². The molecule has 0 aromatic heterocycles. The van der Waals surface area contributed by atoms with Crippen molar-refractivity contribution in [2.45, 2.75) is 27.4 Å². The maximum Gasteiger partial charge on any atom is 0.339 e. The van der Waals surface area contributed by atoms with E-state index in [1.807, 2.05) is 30.3 Å². The molecule has 0 atom stereocenters. The largest absolute Gasteiger partial charge is 0.489 e. The molecule has 0 spiro atoms. The van der Waals surface area contributed by atoms with Crippen LogP contribution >= 0.6 is 0 Å². The van der Waals surface area contributed by atoms with Crippen molar-refractivity contribution >= 4 is 17.7 Å². The minimum Gasteiger partial charge on any atom is -0.489 e. The van der Waals surface area contributed by atoms with E-state index in [0.717, 1.165) is 5.56 Å². The van der Waals surface area contributed by atoms with E-state index in [0.29, 0.717) is 0 Å². The SMILES string of the molecule is CCOC(=O)c1cc(OCc2ccccc2)cc(C(=O)OCC)c1C(C)=O. The van der Waals surface area contributed by atoms with Gasteiger partial charge in [0.1, 0.15) is 12.4 Å². The average Bonchev–Trinajstić information content (AvgIpc) is 2.66. The molecule has 2 rings (SSSR count). The van der Waals surface area contributed by atoms with E-state index in [-0.39, 0.29) is 42.3 Å². The Balaban J connectivity index is 2.48. The normalized spacial score (nSPS) is 10.2. The van der Waals surface area contributed by atoms with Crippen LogP contribution in [0.4, 0.5) is 0 Å². The Labute approximate surface area is 158 Å². The maximum atomic E-state index is 12.3. The minimum atomic E-state index is -0.696. The van der Waals surface area contributed by atoms with Crippen LogP contribution in [-0.2, 0) is 16.1 Å². The highest BCUT2D eigenvalue weighted by Crippen LogP contribution is 2.26. The summed E-state index contributed by atoms with van der Waals surface area (Å²) in [5.41, 5.74) is 0.860. The molecule has 0 aliphatic rings. The summed E-state index contributed by atoms with van der Waals surface area (Å²) >= 11 is 0. The highest BCUT2D eigenvalue weighted by atomic mass is 16.5. The van der Waals surface area contributed by atoms with Crippen molar-refractivity contribution < 1.29 is 28.6 Å². The van der Waals surface area contributed by atoms with Crippen molar-refractivity contribution in [1.29, 1.82) is 0 Å². The van der Waals surface area contributed by atoms with E-state index in [9.17, 15) is 14.4 Å². The lowest BCUT2D eigenvalue weighted by Crippen LogP contribution is -2.17. The second-order valence-corrected chi connectivity index (χ2v) is 5.66. The fourth-order valence-corrected chi connectivity index (χ4v) is 2.56. The first-order valence-corrected chi connectivity index (χ1v) is 8.67. The average molecular weight is 370 g/mol. The number of ketones is 1. The molecule has 0 saturated heterocycles. The molecular weight excluding hydrogens is 348 g/mol. The van der Waals surface area contributed by atoms with Gasteiger partial charge < -0.3 is 14.2 Å². The van der Waals surface area contributed by atoms with E-state index in [4.69, 9.17) is 14.2 Å². The molecule has 27 heavy (non-hydrogen) atoms. The molecule has 6 heteroatoms. The van der Waals surface area contributed by atoms with Crippen molar-refractivity contribution in [3.63, 3.8) is 0 Å². The van der Waals surface area contributed by atoms with Crippen LogP contribution in [-0.4, -0.2) is 30.9 Å². The summed E-state index contributed by atoms with van der Waals surface area (Å²) in [6.45, 7) is 5.12. The number of esters is 2. The number of carbonyl (C=O) groups excluding carboxylic acids is 3. The molecule has 142 valence electrons.